The first-order valence-corrected chi connectivity index (χ1v) is 6.95. The fraction of sp³-hybridized carbons (Fsp3) is 0.562. The molecule has 3 nitrogen and oxygen atoms in total. The van der Waals surface area contributed by atoms with E-state index in [0.29, 0.717) is 17.2 Å². The molecule has 0 bridgehead atoms. The Morgan fingerprint density at radius 1 is 1.32 bits per heavy atom. The van der Waals surface area contributed by atoms with Crippen LogP contribution in [0, 0.1) is 5.92 Å². The largest absolute Gasteiger partial charge is 0.456 e. The number of nitrogens with two attached hydrogens (primary N) is 1. The topological polar surface area (TPSA) is 52.3 Å². The average molecular weight is 263 g/mol. The first kappa shape index (κ1) is 15.5. The van der Waals surface area contributed by atoms with Crippen molar-refractivity contribution in [3.8, 4) is 0 Å². The van der Waals surface area contributed by atoms with Gasteiger partial charge in [-0.3, -0.25) is 0 Å². The van der Waals surface area contributed by atoms with Gasteiger partial charge >= 0.3 is 5.97 Å². The smallest absolute Gasteiger partial charge is 0.338 e. The first-order valence-electron chi connectivity index (χ1n) is 6.95. The molecular formula is C16H25NO2. The van der Waals surface area contributed by atoms with Crippen LogP contribution in [0.3, 0.4) is 0 Å². The summed E-state index contributed by atoms with van der Waals surface area (Å²) in [6.45, 7) is 8.25. The van der Waals surface area contributed by atoms with Crippen LogP contribution in [0.25, 0.3) is 0 Å². The highest BCUT2D eigenvalue weighted by atomic mass is 16.6. The molecule has 1 aromatic carbocycles. The molecule has 3 heteroatoms. The third kappa shape index (κ3) is 4.58. The van der Waals surface area contributed by atoms with Crippen molar-refractivity contribution in [2.45, 2.75) is 52.6 Å². The number of nitrogen functional groups attached to an aromatic ring is 1. The molecule has 0 saturated carbocycles. The Morgan fingerprint density at radius 2 is 1.89 bits per heavy atom. The number of rotatable bonds is 6. The van der Waals surface area contributed by atoms with Crippen LogP contribution < -0.4 is 5.73 Å². The van der Waals surface area contributed by atoms with Crippen LogP contribution in [-0.2, 0) is 4.74 Å². The van der Waals surface area contributed by atoms with Crippen LogP contribution in [0.5, 0.6) is 0 Å². The van der Waals surface area contributed by atoms with E-state index in [9.17, 15) is 4.79 Å². The summed E-state index contributed by atoms with van der Waals surface area (Å²) in [7, 11) is 0. The fourth-order valence-electron chi connectivity index (χ4n) is 1.88. The predicted molar refractivity (Wildman–Crippen MR) is 79.0 cm³/mol. The van der Waals surface area contributed by atoms with Crippen molar-refractivity contribution < 1.29 is 9.53 Å². The minimum atomic E-state index is -0.451. The average Bonchev–Trinajstić information content (AvgIpc) is 2.36. The summed E-state index contributed by atoms with van der Waals surface area (Å²) in [5.41, 5.74) is 6.35. The molecule has 1 atom stereocenters. The van der Waals surface area contributed by atoms with Crippen molar-refractivity contribution in [3.05, 3.63) is 29.8 Å². The fourth-order valence-corrected chi connectivity index (χ4v) is 1.88. The standard InChI is InChI=1S/C16H25NO2/c1-5-6-7-12(2)16(3,4)19-15(18)13-8-10-14(17)11-9-13/h8-12H,5-7,17H2,1-4H3. The molecule has 2 N–H and O–H groups in total. The first-order chi connectivity index (χ1) is 8.86. The molecule has 106 valence electrons. The van der Waals surface area contributed by atoms with Crippen molar-refractivity contribution in [3.63, 3.8) is 0 Å². The van der Waals surface area contributed by atoms with Gasteiger partial charge in [0.15, 0.2) is 0 Å². The molecule has 0 spiro atoms. The van der Waals surface area contributed by atoms with Crippen molar-refractivity contribution in [1.82, 2.24) is 0 Å². The Balaban J connectivity index is 2.66. The number of esters is 1. The van der Waals surface area contributed by atoms with Crippen LogP contribution >= 0.6 is 0 Å². The summed E-state index contributed by atoms with van der Waals surface area (Å²) in [5, 5.41) is 0. The van der Waals surface area contributed by atoms with Gasteiger partial charge < -0.3 is 10.5 Å². The second-order valence-electron chi connectivity index (χ2n) is 5.66. The Hall–Kier alpha value is -1.51. The summed E-state index contributed by atoms with van der Waals surface area (Å²) < 4.78 is 5.64. The van der Waals surface area contributed by atoms with Gasteiger partial charge in [0, 0.05) is 5.69 Å². The van der Waals surface area contributed by atoms with Gasteiger partial charge in [0.05, 0.1) is 5.56 Å². The number of carbonyl (C=O) groups is 1. The molecule has 1 unspecified atom stereocenters. The SMILES string of the molecule is CCCCC(C)C(C)(C)OC(=O)c1ccc(N)cc1. The van der Waals surface area contributed by atoms with E-state index < -0.39 is 5.60 Å². The maximum absolute atomic E-state index is 12.1. The molecule has 0 amide bonds. The minimum Gasteiger partial charge on any atom is -0.456 e. The lowest BCUT2D eigenvalue weighted by atomic mass is 9.88. The zero-order valence-corrected chi connectivity index (χ0v) is 12.4. The number of hydrogen-bond donors (Lipinski definition) is 1. The third-order valence-electron chi connectivity index (χ3n) is 3.68. The van der Waals surface area contributed by atoms with Gasteiger partial charge in [-0.15, -0.1) is 0 Å². The molecule has 0 radical (unpaired) electrons. The molecule has 0 fully saturated rings. The number of hydrogen-bond acceptors (Lipinski definition) is 3. The van der Waals surface area contributed by atoms with Gasteiger partial charge in [0.1, 0.15) is 5.60 Å². The van der Waals surface area contributed by atoms with E-state index in [1.165, 1.54) is 0 Å². The summed E-state index contributed by atoms with van der Waals surface area (Å²) in [6.07, 6.45) is 3.38. The molecule has 0 aromatic heterocycles. The summed E-state index contributed by atoms with van der Waals surface area (Å²) in [4.78, 5) is 12.1. The van der Waals surface area contributed by atoms with Crippen molar-refractivity contribution in [2.75, 3.05) is 5.73 Å². The summed E-state index contributed by atoms with van der Waals surface area (Å²) in [5.74, 6) is 0.0542. The van der Waals surface area contributed by atoms with Crippen LogP contribution in [0.4, 0.5) is 5.69 Å². The normalized spacial score (nSPS) is 13.1. The second-order valence-corrected chi connectivity index (χ2v) is 5.66. The predicted octanol–water partition coefficient (Wildman–Crippen LogP) is 4.03. The van der Waals surface area contributed by atoms with Crippen LogP contribution in [0.15, 0.2) is 24.3 Å². The molecule has 0 heterocycles. The van der Waals surface area contributed by atoms with Gasteiger partial charge in [-0.1, -0.05) is 26.7 Å². The Morgan fingerprint density at radius 3 is 2.42 bits per heavy atom. The maximum atomic E-state index is 12.1. The lowest BCUT2D eigenvalue weighted by Gasteiger charge is -2.31. The quantitative estimate of drug-likeness (QED) is 0.622. The van der Waals surface area contributed by atoms with E-state index in [-0.39, 0.29) is 5.97 Å². The van der Waals surface area contributed by atoms with Crippen molar-refractivity contribution in [2.24, 2.45) is 5.92 Å². The highest BCUT2D eigenvalue weighted by molar-refractivity contribution is 5.90. The lowest BCUT2D eigenvalue weighted by molar-refractivity contribution is -0.0281. The molecule has 0 aliphatic rings. The van der Waals surface area contributed by atoms with Gasteiger partial charge in [0.2, 0.25) is 0 Å². The molecule has 19 heavy (non-hydrogen) atoms. The van der Waals surface area contributed by atoms with Crippen LogP contribution in [-0.4, -0.2) is 11.6 Å². The Bertz CT molecular complexity index is 409. The minimum absolute atomic E-state index is 0.284. The number of anilines is 1. The summed E-state index contributed by atoms with van der Waals surface area (Å²) in [6, 6.07) is 6.82. The van der Waals surface area contributed by atoms with Crippen LogP contribution in [0.2, 0.25) is 0 Å². The van der Waals surface area contributed by atoms with Gasteiger partial charge in [-0.2, -0.15) is 0 Å². The van der Waals surface area contributed by atoms with E-state index in [1.807, 2.05) is 13.8 Å². The molecule has 1 rings (SSSR count). The second kappa shape index (κ2) is 6.60. The zero-order chi connectivity index (χ0) is 14.5. The zero-order valence-electron chi connectivity index (χ0n) is 12.4. The number of carbonyl (C=O) groups excluding carboxylic acids is 1. The maximum Gasteiger partial charge on any atom is 0.338 e. The number of ether oxygens (including phenoxy) is 1. The summed E-state index contributed by atoms with van der Waals surface area (Å²) >= 11 is 0. The lowest BCUT2D eigenvalue weighted by Crippen LogP contribution is -2.35. The highest BCUT2D eigenvalue weighted by Gasteiger charge is 2.29. The van der Waals surface area contributed by atoms with Crippen molar-refractivity contribution >= 4 is 11.7 Å². The van der Waals surface area contributed by atoms with Gasteiger partial charge in [-0.05, 0) is 50.5 Å². The van der Waals surface area contributed by atoms with Crippen molar-refractivity contribution in [1.29, 1.82) is 0 Å². The molecular weight excluding hydrogens is 238 g/mol. The number of benzene rings is 1. The van der Waals surface area contributed by atoms with E-state index in [2.05, 4.69) is 13.8 Å². The van der Waals surface area contributed by atoms with Crippen LogP contribution in [0.1, 0.15) is 57.3 Å². The Kier molecular flexibility index (Phi) is 5.40. The highest BCUT2D eigenvalue weighted by Crippen LogP contribution is 2.27. The monoisotopic (exact) mass is 263 g/mol. The molecule has 0 saturated heterocycles. The Labute approximate surface area is 116 Å². The number of unbranched alkanes of at least 4 members (excludes halogenated alkanes) is 1. The van der Waals surface area contributed by atoms with Gasteiger partial charge in [0.25, 0.3) is 0 Å². The van der Waals surface area contributed by atoms with Gasteiger partial charge in [-0.25, -0.2) is 4.79 Å². The van der Waals surface area contributed by atoms with E-state index in [4.69, 9.17) is 10.5 Å². The van der Waals surface area contributed by atoms with E-state index in [0.717, 1.165) is 19.3 Å². The molecule has 0 aliphatic carbocycles. The molecule has 1 aromatic rings. The van der Waals surface area contributed by atoms with E-state index >= 15 is 0 Å². The molecule has 0 aliphatic heterocycles. The van der Waals surface area contributed by atoms with E-state index in [1.54, 1.807) is 24.3 Å². The third-order valence-corrected chi connectivity index (χ3v) is 3.68.